The molecule has 0 unspecified atom stereocenters. The van der Waals surface area contributed by atoms with Crippen LogP contribution in [0.3, 0.4) is 0 Å². The summed E-state index contributed by atoms with van der Waals surface area (Å²) in [6.45, 7) is 8.08. The molecule has 0 spiro atoms. The Kier molecular flexibility index (Phi) is 12.8. The van der Waals surface area contributed by atoms with Gasteiger partial charge in [0, 0.05) is 57.0 Å². The van der Waals surface area contributed by atoms with Crippen molar-refractivity contribution in [1.82, 2.24) is 0 Å². The van der Waals surface area contributed by atoms with Gasteiger partial charge in [0.05, 0.1) is 29.6 Å². The topological polar surface area (TPSA) is 47.1 Å². The van der Waals surface area contributed by atoms with Crippen molar-refractivity contribution in [2.45, 2.75) is 0 Å². The Bertz CT molecular complexity index is 5330. The number of anilines is 9. The van der Waals surface area contributed by atoms with Crippen molar-refractivity contribution in [2.24, 2.45) is 0 Å². The Labute approximate surface area is 547 Å². The van der Waals surface area contributed by atoms with Gasteiger partial charge in [-0.3, -0.25) is 0 Å². The first-order valence-electron chi connectivity index (χ1n) is 31.9. The summed E-state index contributed by atoms with van der Waals surface area (Å²) >= 11 is 0. The molecule has 0 N–H and O–H groups in total. The van der Waals surface area contributed by atoms with Crippen LogP contribution in [-0.2, 0) is 0 Å². The van der Waals surface area contributed by atoms with Crippen LogP contribution < -0.4 is 52.2 Å². The molecule has 8 heteroatoms. The van der Waals surface area contributed by atoms with E-state index in [0.29, 0.717) is 11.3 Å². The molecule has 434 valence electrons. The Morgan fingerprint density at radius 1 is 0.309 bits per heavy atom. The fraction of sp³-hybridized carbons (Fsp3) is 0. The Morgan fingerprint density at radius 2 is 0.691 bits per heavy atom. The minimum absolute atomic E-state index is 0.234. The van der Waals surface area contributed by atoms with Gasteiger partial charge in [0.25, 0.3) is 13.4 Å². The number of fused-ring (bicyclic) bond motifs is 8. The van der Waals surface area contributed by atoms with Crippen molar-refractivity contribution in [3.8, 4) is 84.3 Å². The molecule has 6 nitrogen and oxygen atoms in total. The second-order valence-electron chi connectivity index (χ2n) is 24.4. The molecule has 0 amide bonds. The molecule has 0 radical (unpaired) electrons. The second-order valence-corrected chi connectivity index (χ2v) is 24.4. The van der Waals surface area contributed by atoms with E-state index in [0.717, 1.165) is 157 Å². The fourth-order valence-corrected chi connectivity index (χ4v) is 15.3. The van der Waals surface area contributed by atoms with Crippen molar-refractivity contribution in [3.63, 3.8) is 0 Å². The average molecular weight is 1190 g/mol. The van der Waals surface area contributed by atoms with Crippen molar-refractivity contribution in [1.29, 1.82) is 5.26 Å². The van der Waals surface area contributed by atoms with Gasteiger partial charge < -0.3 is 19.4 Å². The maximum absolute atomic E-state index is 11.2. The van der Waals surface area contributed by atoms with E-state index in [2.05, 4.69) is 347 Å². The summed E-state index contributed by atoms with van der Waals surface area (Å²) in [6.07, 6.45) is 0. The zero-order chi connectivity index (χ0) is 62.4. The molecule has 0 saturated heterocycles. The number of benzene rings is 14. The number of ether oxygens (including phenoxy) is 1. The van der Waals surface area contributed by atoms with Crippen LogP contribution in [0.2, 0.25) is 0 Å². The lowest BCUT2D eigenvalue weighted by molar-refractivity contribution is 0.488. The summed E-state index contributed by atoms with van der Waals surface area (Å²) in [5.41, 5.74) is 28.8. The number of nitrogens with zero attached hydrogens (tertiary/aromatic N) is 5. The molecule has 0 aliphatic carbocycles. The molecule has 4 aliphatic rings. The van der Waals surface area contributed by atoms with E-state index in [-0.39, 0.29) is 13.4 Å². The molecular formula is C86H53B2N5O. The van der Waals surface area contributed by atoms with Crippen LogP contribution in [0.4, 0.5) is 56.9 Å². The first kappa shape index (κ1) is 54.3. The van der Waals surface area contributed by atoms with E-state index in [1.54, 1.807) is 0 Å². The van der Waals surface area contributed by atoms with E-state index >= 15 is 0 Å². The van der Waals surface area contributed by atoms with Crippen molar-refractivity contribution in [3.05, 3.63) is 338 Å². The second kappa shape index (κ2) is 22.1. The number of hydrogen-bond donors (Lipinski definition) is 0. The van der Waals surface area contributed by atoms with Gasteiger partial charge in [0.2, 0.25) is 0 Å². The summed E-state index contributed by atoms with van der Waals surface area (Å²) < 4.78 is 7.74. The number of para-hydroxylation sites is 3. The first-order chi connectivity index (χ1) is 46.6. The molecule has 0 saturated carbocycles. The molecule has 14 aromatic carbocycles. The van der Waals surface area contributed by atoms with E-state index < -0.39 is 0 Å². The van der Waals surface area contributed by atoms with E-state index in [1.165, 1.54) is 5.46 Å². The smallest absolute Gasteiger partial charge is 0.256 e. The van der Waals surface area contributed by atoms with Crippen molar-refractivity contribution in [2.75, 3.05) is 14.7 Å². The summed E-state index contributed by atoms with van der Waals surface area (Å²) in [4.78, 5) is 11.6. The van der Waals surface area contributed by atoms with Crippen LogP contribution in [0.15, 0.2) is 322 Å². The molecule has 14 aromatic rings. The molecule has 18 rings (SSSR count). The highest BCUT2D eigenvalue weighted by Gasteiger charge is 2.49. The minimum atomic E-state index is -0.332. The summed E-state index contributed by atoms with van der Waals surface area (Å²) in [5, 5.41) is 11.2. The molecule has 4 heterocycles. The van der Waals surface area contributed by atoms with Crippen LogP contribution in [0.25, 0.3) is 71.6 Å². The summed E-state index contributed by atoms with van der Waals surface area (Å²) in [6, 6.07) is 117. The monoisotopic (exact) mass is 1190 g/mol. The lowest BCUT2D eigenvalue weighted by Gasteiger charge is -2.46. The third kappa shape index (κ3) is 8.66. The number of rotatable bonds is 9. The van der Waals surface area contributed by atoms with Crippen LogP contribution >= 0.6 is 0 Å². The zero-order valence-corrected chi connectivity index (χ0v) is 50.9. The lowest BCUT2D eigenvalue weighted by Crippen LogP contribution is -2.64. The molecule has 0 atom stereocenters. The lowest BCUT2D eigenvalue weighted by atomic mass is 9.30. The molecular weight excluding hydrogens is 1140 g/mol. The summed E-state index contributed by atoms with van der Waals surface area (Å²) in [5.74, 6) is 1.57. The summed E-state index contributed by atoms with van der Waals surface area (Å²) in [7, 11) is 0. The molecule has 94 heavy (non-hydrogen) atoms. The normalized spacial score (nSPS) is 12.6. The van der Waals surface area contributed by atoms with Gasteiger partial charge in [0.1, 0.15) is 11.5 Å². The average Bonchev–Trinajstić information content (AvgIpc) is 0.694. The van der Waals surface area contributed by atoms with Crippen LogP contribution in [-0.4, -0.2) is 13.4 Å². The fourth-order valence-electron chi connectivity index (χ4n) is 15.3. The van der Waals surface area contributed by atoms with E-state index in [1.807, 2.05) is 0 Å². The molecule has 0 aromatic heterocycles. The predicted octanol–water partition coefficient (Wildman–Crippen LogP) is 18.6. The predicted molar refractivity (Wildman–Crippen MR) is 390 cm³/mol. The van der Waals surface area contributed by atoms with E-state index in [9.17, 15) is 5.26 Å². The minimum Gasteiger partial charge on any atom is -0.458 e. The van der Waals surface area contributed by atoms with Crippen LogP contribution in [0, 0.1) is 17.9 Å². The quantitative estimate of drug-likeness (QED) is 0.106. The van der Waals surface area contributed by atoms with Gasteiger partial charge in [-0.05, 0) is 161 Å². The van der Waals surface area contributed by atoms with Crippen molar-refractivity contribution < 1.29 is 4.74 Å². The van der Waals surface area contributed by atoms with E-state index in [4.69, 9.17) is 11.3 Å². The highest BCUT2D eigenvalue weighted by molar-refractivity contribution is 7.02. The number of hydrogen-bond acceptors (Lipinski definition) is 5. The van der Waals surface area contributed by atoms with Gasteiger partial charge in [-0.15, -0.1) is 0 Å². The highest BCUT2D eigenvalue weighted by Crippen LogP contribution is 2.55. The van der Waals surface area contributed by atoms with Crippen LogP contribution in [0.5, 0.6) is 11.5 Å². The number of nitriles is 1. The van der Waals surface area contributed by atoms with Gasteiger partial charge in [-0.1, -0.05) is 243 Å². The third-order valence-corrected chi connectivity index (χ3v) is 19.3. The van der Waals surface area contributed by atoms with Gasteiger partial charge in [-0.25, -0.2) is 4.85 Å². The zero-order valence-electron chi connectivity index (χ0n) is 50.9. The maximum Gasteiger partial charge on any atom is 0.256 e. The third-order valence-electron chi connectivity index (χ3n) is 19.3. The highest BCUT2D eigenvalue weighted by atomic mass is 16.5. The van der Waals surface area contributed by atoms with Crippen molar-refractivity contribution >= 4 is 103 Å². The molecule has 0 bridgehead atoms. The first-order valence-corrected chi connectivity index (χ1v) is 31.9. The van der Waals surface area contributed by atoms with Gasteiger partial charge >= 0.3 is 0 Å². The molecule has 4 aliphatic heterocycles. The van der Waals surface area contributed by atoms with Gasteiger partial charge in [0.15, 0.2) is 5.69 Å². The van der Waals surface area contributed by atoms with Crippen LogP contribution in [0.1, 0.15) is 5.56 Å². The Balaban J connectivity index is 1.000. The Hall–Kier alpha value is -12.6. The molecule has 0 fully saturated rings. The Morgan fingerprint density at radius 3 is 1.16 bits per heavy atom. The maximum atomic E-state index is 11.2. The largest absolute Gasteiger partial charge is 0.458 e. The standard InChI is InChI=1S/C86H53B2N5O/c1-90-65-51-69(61-35-17-6-18-36-61)86(70(52-65)62-37-19-7-20-38-62)92-76-44-26-24-42-72(76)87-73-53-74-81(94-82-50-64(58-29-11-3-12-30-58)49-80-84(82)88(74)71-41-23-25-43-75(71)91(80)66-39-21-8-22-40-66)54-77(73)93(79-48-63(47-78(92)83(79)87)57-27-9-2-10-28-57)85-67(59-31-13-4-14-32-59)45-56(55-89)46-68(85)60-33-15-5-16-34-60/h2-54H. The van der Waals surface area contributed by atoms with Gasteiger partial charge in [-0.2, -0.15) is 5.26 Å². The SMILES string of the molecule is [C-]#[N+]c1cc(-c2ccccc2)c(N2c3ccccc3B3c4cc5c(cc4N(c4c(-c6ccccc6)cc(C#N)cc4-c4ccccc4)c4cc(-c6ccccc6)cc2c43)Oc2cc(-c3ccccc3)cc3c2B5c2ccccc2N3c2ccccc2)c(-c2ccccc2)c1.